The van der Waals surface area contributed by atoms with E-state index in [0.717, 1.165) is 23.4 Å². The van der Waals surface area contributed by atoms with E-state index in [4.69, 9.17) is 5.10 Å². The number of amides is 4. The van der Waals surface area contributed by atoms with Gasteiger partial charge in [0, 0.05) is 6.42 Å². The first-order valence-electron chi connectivity index (χ1n) is 10.5. The summed E-state index contributed by atoms with van der Waals surface area (Å²) in [6.45, 7) is 0. The van der Waals surface area contributed by atoms with Crippen LogP contribution in [0.3, 0.4) is 0 Å². The minimum absolute atomic E-state index is 0.0477. The van der Waals surface area contributed by atoms with Crippen LogP contribution in [0.25, 0.3) is 6.08 Å². The zero-order valence-electron chi connectivity index (χ0n) is 17.6. The van der Waals surface area contributed by atoms with Crippen LogP contribution in [0.5, 0.6) is 0 Å². The smallest absolute Gasteiger partial charge is 0.273 e. The van der Waals surface area contributed by atoms with Crippen molar-refractivity contribution in [1.82, 2.24) is 10.6 Å². The molecule has 3 aromatic carbocycles. The summed E-state index contributed by atoms with van der Waals surface area (Å²) in [4.78, 5) is 35.2. The number of anilines is 1. The maximum absolute atomic E-state index is 12.0. The number of nitrogens with zero attached hydrogens (tertiary/aromatic N) is 2. The Balaban J connectivity index is 1.46. The number of carbonyl (C=O) groups is 3. The average Bonchev–Trinajstić information content (AvgIpc) is 3.28. The van der Waals surface area contributed by atoms with Crippen molar-refractivity contribution in [3.05, 3.63) is 107 Å². The van der Waals surface area contributed by atoms with E-state index in [0.29, 0.717) is 5.56 Å². The monoisotopic (exact) mass is 436 g/mol. The average molecular weight is 436 g/mol. The zero-order chi connectivity index (χ0) is 22.8. The van der Waals surface area contributed by atoms with E-state index < -0.39 is 17.8 Å². The summed E-state index contributed by atoms with van der Waals surface area (Å²) in [6.07, 6.45) is 2.23. The van der Waals surface area contributed by atoms with Gasteiger partial charge in [-0.2, -0.15) is 5.10 Å². The predicted octanol–water partition coefficient (Wildman–Crippen LogP) is 3.79. The van der Waals surface area contributed by atoms with Gasteiger partial charge in [0.1, 0.15) is 5.57 Å². The molecule has 33 heavy (non-hydrogen) atoms. The Labute approximate surface area is 190 Å². The van der Waals surface area contributed by atoms with E-state index in [9.17, 15) is 14.4 Å². The lowest BCUT2D eigenvalue weighted by Crippen LogP contribution is -2.51. The van der Waals surface area contributed by atoms with Crippen molar-refractivity contribution < 1.29 is 14.4 Å². The van der Waals surface area contributed by atoms with Crippen LogP contribution < -0.4 is 15.6 Å². The highest BCUT2D eigenvalue weighted by molar-refractivity contribution is 6.31. The summed E-state index contributed by atoms with van der Waals surface area (Å²) in [5.41, 5.74) is 4.71. The first-order valence-corrected chi connectivity index (χ1v) is 10.5. The fourth-order valence-corrected chi connectivity index (χ4v) is 3.98. The Morgan fingerprint density at radius 2 is 1.39 bits per heavy atom. The Morgan fingerprint density at radius 1 is 0.788 bits per heavy atom. The highest BCUT2D eigenvalue weighted by Gasteiger charge is 2.30. The van der Waals surface area contributed by atoms with Gasteiger partial charge in [0.05, 0.1) is 17.4 Å². The molecule has 2 N–H and O–H groups in total. The van der Waals surface area contributed by atoms with Crippen molar-refractivity contribution in [2.75, 3.05) is 5.01 Å². The number of rotatable bonds is 4. The van der Waals surface area contributed by atoms with Crippen LogP contribution in [-0.4, -0.2) is 23.6 Å². The minimum Gasteiger partial charge on any atom is -0.273 e. The number of barbiturate groups is 1. The third-order valence-electron chi connectivity index (χ3n) is 5.61. The predicted molar refractivity (Wildman–Crippen MR) is 125 cm³/mol. The molecule has 4 amide bonds. The largest absolute Gasteiger partial charge is 0.328 e. The number of hydrazone groups is 1. The van der Waals surface area contributed by atoms with E-state index >= 15 is 0 Å². The van der Waals surface area contributed by atoms with Crippen molar-refractivity contribution in [2.45, 2.75) is 12.5 Å². The van der Waals surface area contributed by atoms with Crippen LogP contribution in [-0.2, 0) is 9.59 Å². The molecule has 0 radical (unpaired) electrons. The third-order valence-corrected chi connectivity index (χ3v) is 5.61. The highest BCUT2D eigenvalue weighted by atomic mass is 16.2. The molecule has 2 heterocycles. The lowest BCUT2D eigenvalue weighted by molar-refractivity contribution is -0.123. The quantitative estimate of drug-likeness (QED) is 0.481. The molecule has 7 heteroatoms. The Kier molecular flexibility index (Phi) is 5.28. The molecule has 5 rings (SSSR count). The van der Waals surface area contributed by atoms with Crippen LogP contribution in [0.1, 0.15) is 29.2 Å². The molecule has 0 aliphatic carbocycles. The fourth-order valence-electron chi connectivity index (χ4n) is 3.98. The number of nitrogens with one attached hydrogen (secondary N) is 2. The van der Waals surface area contributed by atoms with Gasteiger partial charge in [0.25, 0.3) is 11.8 Å². The molecule has 162 valence electrons. The van der Waals surface area contributed by atoms with E-state index in [1.165, 1.54) is 11.6 Å². The molecule has 2 aliphatic rings. The summed E-state index contributed by atoms with van der Waals surface area (Å²) in [5, 5.41) is 11.1. The summed E-state index contributed by atoms with van der Waals surface area (Å²) >= 11 is 0. The molecule has 1 saturated heterocycles. The number of hydrogen-bond donors (Lipinski definition) is 2. The Morgan fingerprint density at radius 3 is 2.03 bits per heavy atom. The summed E-state index contributed by atoms with van der Waals surface area (Å²) in [5.74, 6) is -1.43. The standard InChI is InChI=1S/C26H20N4O3/c31-24-21(25(32)28-26(33)27-24)15-17-11-13-20(14-12-17)30-23(19-9-5-2-6-10-19)16-22(29-30)18-7-3-1-4-8-18/h1-15,23H,16H2,(H2,27,28,31,32,33)/t23-/m1/s1. The second kappa shape index (κ2) is 8.55. The summed E-state index contributed by atoms with van der Waals surface area (Å²) in [6, 6.07) is 27.0. The van der Waals surface area contributed by atoms with Crippen molar-refractivity contribution in [3.8, 4) is 0 Å². The van der Waals surface area contributed by atoms with Gasteiger partial charge in [-0.1, -0.05) is 72.8 Å². The molecule has 7 nitrogen and oxygen atoms in total. The normalized spacial score (nSPS) is 18.0. The molecule has 0 aromatic heterocycles. The van der Waals surface area contributed by atoms with Gasteiger partial charge in [0.15, 0.2) is 0 Å². The van der Waals surface area contributed by atoms with Crippen LogP contribution in [0.15, 0.2) is 95.6 Å². The molecule has 1 atom stereocenters. The first kappa shape index (κ1) is 20.4. The molecule has 1 fully saturated rings. The van der Waals surface area contributed by atoms with Gasteiger partial charge in [-0.05, 0) is 34.9 Å². The van der Waals surface area contributed by atoms with E-state index in [-0.39, 0.29) is 11.6 Å². The zero-order valence-corrected chi connectivity index (χ0v) is 17.6. The van der Waals surface area contributed by atoms with Crippen LogP contribution in [0, 0.1) is 0 Å². The van der Waals surface area contributed by atoms with Gasteiger partial charge < -0.3 is 0 Å². The third kappa shape index (κ3) is 4.16. The number of benzene rings is 3. The number of hydrogen-bond acceptors (Lipinski definition) is 5. The Hall–Kier alpha value is -4.52. The Bertz CT molecular complexity index is 1260. The lowest BCUT2D eigenvalue weighted by Gasteiger charge is -2.24. The van der Waals surface area contributed by atoms with Gasteiger partial charge in [-0.15, -0.1) is 0 Å². The maximum Gasteiger partial charge on any atom is 0.328 e. The molecular formula is C26H20N4O3. The van der Waals surface area contributed by atoms with Gasteiger partial charge in [-0.3, -0.25) is 25.2 Å². The summed E-state index contributed by atoms with van der Waals surface area (Å²) < 4.78 is 0. The van der Waals surface area contributed by atoms with E-state index in [1.807, 2.05) is 65.7 Å². The van der Waals surface area contributed by atoms with E-state index in [1.54, 1.807) is 0 Å². The first-order chi connectivity index (χ1) is 16.1. The number of urea groups is 1. The second-order valence-corrected chi connectivity index (χ2v) is 7.77. The van der Waals surface area contributed by atoms with Gasteiger partial charge in [-0.25, -0.2) is 4.79 Å². The minimum atomic E-state index is -0.814. The molecular weight excluding hydrogens is 416 g/mol. The summed E-state index contributed by atoms with van der Waals surface area (Å²) in [7, 11) is 0. The van der Waals surface area contributed by atoms with Gasteiger partial charge >= 0.3 is 6.03 Å². The number of imide groups is 2. The highest BCUT2D eigenvalue weighted by Crippen LogP contribution is 2.36. The molecule has 0 unspecified atom stereocenters. The molecule has 0 bridgehead atoms. The molecule has 2 aliphatic heterocycles. The van der Waals surface area contributed by atoms with Crippen LogP contribution >= 0.6 is 0 Å². The maximum atomic E-state index is 12.0. The SMILES string of the molecule is O=C1NC(=O)C(=Cc2ccc(N3N=C(c4ccccc4)C[C@@H]3c3ccccc3)cc2)C(=O)N1. The van der Waals surface area contributed by atoms with Crippen molar-refractivity contribution >= 4 is 35.3 Å². The topological polar surface area (TPSA) is 90.9 Å². The van der Waals surface area contributed by atoms with Crippen molar-refractivity contribution in [1.29, 1.82) is 0 Å². The molecule has 0 spiro atoms. The van der Waals surface area contributed by atoms with Crippen molar-refractivity contribution in [2.24, 2.45) is 5.10 Å². The lowest BCUT2D eigenvalue weighted by atomic mass is 9.98. The second-order valence-electron chi connectivity index (χ2n) is 7.77. The van der Waals surface area contributed by atoms with Crippen LogP contribution in [0.4, 0.5) is 10.5 Å². The van der Waals surface area contributed by atoms with Gasteiger partial charge in [0.2, 0.25) is 0 Å². The fraction of sp³-hybridized carbons (Fsp3) is 0.0769. The van der Waals surface area contributed by atoms with E-state index in [2.05, 4.69) is 34.9 Å². The van der Waals surface area contributed by atoms with Crippen molar-refractivity contribution in [3.63, 3.8) is 0 Å². The molecule has 3 aromatic rings. The number of carbonyl (C=O) groups excluding carboxylic acids is 3. The molecule has 0 saturated carbocycles. The van der Waals surface area contributed by atoms with Crippen LogP contribution in [0.2, 0.25) is 0 Å².